The summed E-state index contributed by atoms with van der Waals surface area (Å²) in [6.45, 7) is 7.48. The average molecular weight is 233 g/mol. The third kappa shape index (κ3) is 2.81. The van der Waals surface area contributed by atoms with E-state index in [-0.39, 0.29) is 6.10 Å². The quantitative estimate of drug-likeness (QED) is 0.841. The molecule has 0 aromatic heterocycles. The Kier molecular flexibility index (Phi) is 4.06. The normalized spacial score (nSPS) is 18.5. The Balaban J connectivity index is 2.17. The van der Waals surface area contributed by atoms with E-state index in [9.17, 15) is 0 Å². The Morgan fingerprint density at radius 1 is 1.41 bits per heavy atom. The van der Waals surface area contributed by atoms with Crippen LogP contribution in [0.2, 0.25) is 0 Å². The van der Waals surface area contributed by atoms with Gasteiger partial charge in [-0.25, -0.2) is 0 Å². The number of nitrogens with one attached hydrogen (secondary N) is 1. The number of fused-ring (bicyclic) bond motifs is 1. The van der Waals surface area contributed by atoms with Crippen molar-refractivity contribution in [2.75, 3.05) is 6.54 Å². The smallest absolute Gasteiger partial charge is 0.123 e. The molecule has 0 saturated carbocycles. The van der Waals surface area contributed by atoms with Gasteiger partial charge in [0.25, 0.3) is 0 Å². The van der Waals surface area contributed by atoms with Crippen LogP contribution >= 0.6 is 0 Å². The van der Waals surface area contributed by atoms with Crippen molar-refractivity contribution in [3.63, 3.8) is 0 Å². The highest BCUT2D eigenvalue weighted by molar-refractivity contribution is 5.45. The lowest BCUT2D eigenvalue weighted by atomic mass is 10.1. The third-order valence-electron chi connectivity index (χ3n) is 3.23. The minimum atomic E-state index is 0.254. The number of hydrogen-bond donors (Lipinski definition) is 1. The minimum absolute atomic E-state index is 0.254. The number of hydrogen-bond acceptors (Lipinski definition) is 2. The van der Waals surface area contributed by atoms with Gasteiger partial charge in [0.05, 0.1) is 6.10 Å². The second kappa shape index (κ2) is 5.54. The summed E-state index contributed by atoms with van der Waals surface area (Å²) in [7, 11) is 0. The topological polar surface area (TPSA) is 21.3 Å². The molecule has 2 nitrogen and oxygen atoms in total. The van der Waals surface area contributed by atoms with Crippen molar-refractivity contribution in [3.8, 4) is 5.75 Å². The molecule has 1 atom stereocenters. The van der Waals surface area contributed by atoms with Gasteiger partial charge in [-0.05, 0) is 56.8 Å². The molecule has 0 amide bonds. The third-order valence-corrected chi connectivity index (χ3v) is 3.23. The molecule has 0 heterocycles. The number of benzene rings is 1. The number of ether oxygens (including phenoxy) is 1. The maximum Gasteiger partial charge on any atom is 0.123 e. The summed E-state index contributed by atoms with van der Waals surface area (Å²) in [5, 5.41) is 3.61. The SMILES string of the molecule is CCCNC1CCc2c(OC(C)C)cccc21. The molecule has 1 aliphatic carbocycles. The van der Waals surface area contributed by atoms with Crippen molar-refractivity contribution < 1.29 is 4.74 Å². The molecule has 1 N–H and O–H groups in total. The monoisotopic (exact) mass is 233 g/mol. The van der Waals surface area contributed by atoms with E-state index in [4.69, 9.17) is 4.74 Å². The first-order valence-electron chi connectivity index (χ1n) is 6.74. The molecule has 17 heavy (non-hydrogen) atoms. The molecule has 0 saturated heterocycles. The van der Waals surface area contributed by atoms with Crippen LogP contribution in [0.5, 0.6) is 5.75 Å². The zero-order valence-corrected chi connectivity index (χ0v) is 11.1. The van der Waals surface area contributed by atoms with Gasteiger partial charge < -0.3 is 10.1 Å². The molecule has 0 bridgehead atoms. The maximum absolute atomic E-state index is 5.88. The Labute approximate surface area is 104 Å². The van der Waals surface area contributed by atoms with E-state index in [2.05, 4.69) is 44.3 Å². The van der Waals surface area contributed by atoms with E-state index in [1.165, 1.54) is 24.0 Å². The molecule has 2 rings (SSSR count). The molecule has 94 valence electrons. The van der Waals surface area contributed by atoms with Gasteiger partial charge in [0, 0.05) is 6.04 Å². The van der Waals surface area contributed by atoms with E-state index >= 15 is 0 Å². The van der Waals surface area contributed by atoms with E-state index in [1.807, 2.05) is 0 Å². The van der Waals surface area contributed by atoms with Gasteiger partial charge in [0.2, 0.25) is 0 Å². The highest BCUT2D eigenvalue weighted by atomic mass is 16.5. The van der Waals surface area contributed by atoms with Crippen molar-refractivity contribution >= 4 is 0 Å². The standard InChI is InChI=1S/C15H23NO/c1-4-10-16-14-9-8-13-12(14)6-5-7-15(13)17-11(2)3/h5-7,11,14,16H,4,8-10H2,1-3H3. The van der Waals surface area contributed by atoms with Crippen molar-refractivity contribution in [1.29, 1.82) is 0 Å². The van der Waals surface area contributed by atoms with Crippen molar-refractivity contribution in [2.45, 2.75) is 52.2 Å². The lowest BCUT2D eigenvalue weighted by Gasteiger charge is -2.16. The fourth-order valence-electron chi connectivity index (χ4n) is 2.52. The van der Waals surface area contributed by atoms with Crippen LogP contribution in [0.15, 0.2) is 18.2 Å². The van der Waals surface area contributed by atoms with Gasteiger partial charge in [-0.3, -0.25) is 0 Å². The fourth-order valence-corrected chi connectivity index (χ4v) is 2.52. The van der Waals surface area contributed by atoms with Crippen LogP contribution in [0.3, 0.4) is 0 Å². The second-order valence-electron chi connectivity index (χ2n) is 5.04. The summed E-state index contributed by atoms with van der Waals surface area (Å²) >= 11 is 0. The Hall–Kier alpha value is -1.02. The van der Waals surface area contributed by atoms with Crippen molar-refractivity contribution in [2.24, 2.45) is 0 Å². The molecule has 0 spiro atoms. The molecule has 1 unspecified atom stereocenters. The molecule has 0 aliphatic heterocycles. The average Bonchev–Trinajstić information content (AvgIpc) is 2.70. The molecule has 1 aromatic rings. The fraction of sp³-hybridized carbons (Fsp3) is 0.600. The summed E-state index contributed by atoms with van der Waals surface area (Å²) in [5.41, 5.74) is 2.85. The van der Waals surface area contributed by atoms with Gasteiger partial charge in [-0.1, -0.05) is 19.1 Å². The van der Waals surface area contributed by atoms with Crippen LogP contribution in [-0.2, 0) is 6.42 Å². The van der Waals surface area contributed by atoms with Gasteiger partial charge in [-0.2, -0.15) is 0 Å². The lowest BCUT2D eigenvalue weighted by molar-refractivity contribution is 0.240. The molecule has 0 radical (unpaired) electrons. The van der Waals surface area contributed by atoms with Crippen LogP contribution in [0.1, 0.15) is 50.8 Å². The van der Waals surface area contributed by atoms with E-state index in [0.717, 1.165) is 18.7 Å². The molecular weight excluding hydrogens is 210 g/mol. The summed E-state index contributed by atoms with van der Waals surface area (Å²) in [6.07, 6.45) is 3.78. The Morgan fingerprint density at radius 2 is 2.24 bits per heavy atom. The molecule has 1 aromatic carbocycles. The highest BCUT2D eigenvalue weighted by Gasteiger charge is 2.24. The first-order valence-corrected chi connectivity index (χ1v) is 6.74. The van der Waals surface area contributed by atoms with Crippen molar-refractivity contribution in [3.05, 3.63) is 29.3 Å². The first-order chi connectivity index (χ1) is 8.22. The van der Waals surface area contributed by atoms with Crippen LogP contribution in [-0.4, -0.2) is 12.6 Å². The van der Waals surface area contributed by atoms with Crippen molar-refractivity contribution in [1.82, 2.24) is 5.32 Å². The van der Waals surface area contributed by atoms with Gasteiger partial charge >= 0.3 is 0 Å². The van der Waals surface area contributed by atoms with Crippen LogP contribution in [0.25, 0.3) is 0 Å². The molecule has 2 heteroatoms. The Morgan fingerprint density at radius 3 is 2.94 bits per heavy atom. The largest absolute Gasteiger partial charge is 0.491 e. The highest BCUT2D eigenvalue weighted by Crippen LogP contribution is 2.37. The summed E-state index contributed by atoms with van der Waals surface area (Å²) in [4.78, 5) is 0. The predicted octanol–water partition coefficient (Wildman–Crippen LogP) is 3.46. The van der Waals surface area contributed by atoms with Crippen LogP contribution < -0.4 is 10.1 Å². The molecule has 1 aliphatic rings. The van der Waals surface area contributed by atoms with E-state index in [0.29, 0.717) is 6.04 Å². The number of rotatable bonds is 5. The maximum atomic E-state index is 5.88. The predicted molar refractivity (Wildman–Crippen MR) is 71.6 cm³/mol. The first kappa shape index (κ1) is 12.4. The molecule has 0 fully saturated rings. The minimum Gasteiger partial charge on any atom is -0.491 e. The zero-order chi connectivity index (χ0) is 12.3. The van der Waals surface area contributed by atoms with E-state index in [1.54, 1.807) is 0 Å². The summed E-state index contributed by atoms with van der Waals surface area (Å²) in [6, 6.07) is 6.98. The zero-order valence-electron chi connectivity index (χ0n) is 11.1. The van der Waals surface area contributed by atoms with Gasteiger partial charge in [0.15, 0.2) is 0 Å². The second-order valence-corrected chi connectivity index (χ2v) is 5.04. The van der Waals surface area contributed by atoms with Gasteiger partial charge in [0.1, 0.15) is 5.75 Å². The Bertz CT molecular complexity index is 373. The van der Waals surface area contributed by atoms with Gasteiger partial charge in [-0.15, -0.1) is 0 Å². The van der Waals surface area contributed by atoms with Crippen LogP contribution in [0, 0.1) is 0 Å². The van der Waals surface area contributed by atoms with Crippen LogP contribution in [0.4, 0.5) is 0 Å². The van der Waals surface area contributed by atoms with E-state index < -0.39 is 0 Å². The summed E-state index contributed by atoms with van der Waals surface area (Å²) in [5.74, 6) is 1.08. The molecular formula is C15H23NO. The lowest BCUT2D eigenvalue weighted by Crippen LogP contribution is -2.19. The summed E-state index contributed by atoms with van der Waals surface area (Å²) < 4.78 is 5.88.